The molecule has 0 aliphatic rings. The molecular formula is C16H17N3O2. The highest BCUT2D eigenvalue weighted by molar-refractivity contribution is 5.67. The van der Waals surface area contributed by atoms with Gasteiger partial charge in [-0.2, -0.15) is 0 Å². The summed E-state index contributed by atoms with van der Waals surface area (Å²) in [7, 11) is 0. The van der Waals surface area contributed by atoms with Crippen LogP contribution in [-0.2, 0) is 11.3 Å². The SMILES string of the molecule is C=C(C)OC(=O)NNCc1ccc(-c2ccccn2)cc1. The lowest BCUT2D eigenvalue weighted by molar-refractivity contribution is 0.171. The molecule has 1 amide bonds. The van der Waals surface area contributed by atoms with Gasteiger partial charge in [0.25, 0.3) is 0 Å². The number of rotatable bonds is 5. The van der Waals surface area contributed by atoms with Gasteiger partial charge in [0.2, 0.25) is 0 Å². The van der Waals surface area contributed by atoms with Gasteiger partial charge in [0.15, 0.2) is 0 Å². The average molecular weight is 283 g/mol. The molecule has 1 heterocycles. The van der Waals surface area contributed by atoms with E-state index in [-0.39, 0.29) is 0 Å². The highest BCUT2D eigenvalue weighted by atomic mass is 16.6. The molecule has 0 bridgehead atoms. The summed E-state index contributed by atoms with van der Waals surface area (Å²) in [6, 6.07) is 13.7. The summed E-state index contributed by atoms with van der Waals surface area (Å²) < 4.78 is 4.75. The molecule has 108 valence electrons. The largest absolute Gasteiger partial charge is 0.426 e. The van der Waals surface area contributed by atoms with Crippen molar-refractivity contribution in [2.24, 2.45) is 0 Å². The molecule has 5 heteroatoms. The number of carbonyl (C=O) groups excluding carboxylic acids is 1. The summed E-state index contributed by atoms with van der Waals surface area (Å²) in [5.74, 6) is 0.342. The van der Waals surface area contributed by atoms with Crippen LogP contribution in [0.5, 0.6) is 0 Å². The molecule has 0 aliphatic heterocycles. The van der Waals surface area contributed by atoms with Crippen LogP contribution in [0, 0.1) is 0 Å². The van der Waals surface area contributed by atoms with Crippen LogP contribution in [0.3, 0.4) is 0 Å². The van der Waals surface area contributed by atoms with Crippen molar-refractivity contribution in [3.05, 3.63) is 66.6 Å². The number of ether oxygens (including phenoxy) is 1. The quantitative estimate of drug-likeness (QED) is 0.654. The maximum Gasteiger partial charge on any atom is 0.426 e. The first-order valence-corrected chi connectivity index (χ1v) is 6.51. The minimum Gasteiger partial charge on any atom is -0.415 e. The van der Waals surface area contributed by atoms with E-state index in [0.717, 1.165) is 16.8 Å². The fourth-order valence-corrected chi connectivity index (χ4v) is 1.73. The first-order valence-electron chi connectivity index (χ1n) is 6.51. The molecule has 1 aromatic carbocycles. The Labute approximate surface area is 123 Å². The lowest BCUT2D eigenvalue weighted by Gasteiger charge is -2.08. The van der Waals surface area contributed by atoms with Gasteiger partial charge in [-0.3, -0.25) is 10.4 Å². The van der Waals surface area contributed by atoms with Gasteiger partial charge >= 0.3 is 6.09 Å². The zero-order valence-corrected chi connectivity index (χ0v) is 11.8. The smallest absolute Gasteiger partial charge is 0.415 e. The number of allylic oxidation sites excluding steroid dienone is 1. The summed E-state index contributed by atoms with van der Waals surface area (Å²) in [4.78, 5) is 15.5. The Morgan fingerprint density at radius 3 is 2.62 bits per heavy atom. The van der Waals surface area contributed by atoms with Gasteiger partial charge in [-0.1, -0.05) is 36.9 Å². The minimum atomic E-state index is -0.576. The van der Waals surface area contributed by atoms with Gasteiger partial charge in [0, 0.05) is 18.3 Å². The predicted octanol–water partition coefficient (Wildman–Crippen LogP) is 3.01. The average Bonchev–Trinajstić information content (AvgIpc) is 2.48. The molecule has 0 fully saturated rings. The van der Waals surface area contributed by atoms with Crippen LogP contribution in [0.25, 0.3) is 11.3 Å². The zero-order chi connectivity index (χ0) is 15.1. The molecule has 0 radical (unpaired) electrons. The first-order chi connectivity index (χ1) is 10.1. The van der Waals surface area contributed by atoms with E-state index >= 15 is 0 Å². The molecule has 1 aromatic heterocycles. The van der Waals surface area contributed by atoms with E-state index in [2.05, 4.69) is 22.4 Å². The number of hydrazine groups is 1. The minimum absolute atomic E-state index is 0.342. The van der Waals surface area contributed by atoms with E-state index in [1.807, 2.05) is 42.5 Å². The van der Waals surface area contributed by atoms with Gasteiger partial charge in [0.1, 0.15) is 0 Å². The van der Waals surface area contributed by atoms with E-state index in [1.165, 1.54) is 0 Å². The van der Waals surface area contributed by atoms with Crippen LogP contribution in [0.15, 0.2) is 61.0 Å². The van der Waals surface area contributed by atoms with Gasteiger partial charge in [0.05, 0.1) is 11.5 Å². The van der Waals surface area contributed by atoms with Crippen molar-refractivity contribution in [3.8, 4) is 11.3 Å². The van der Waals surface area contributed by atoms with Crippen molar-refractivity contribution in [1.82, 2.24) is 15.8 Å². The molecule has 0 spiro atoms. The summed E-state index contributed by atoms with van der Waals surface area (Å²) in [5, 5.41) is 0. The first kappa shape index (κ1) is 14.7. The number of amides is 1. The van der Waals surface area contributed by atoms with E-state index in [0.29, 0.717) is 12.3 Å². The summed E-state index contributed by atoms with van der Waals surface area (Å²) in [6.45, 7) is 5.58. The van der Waals surface area contributed by atoms with Gasteiger partial charge < -0.3 is 4.74 Å². The Kier molecular flexibility index (Phi) is 5.06. The normalized spacial score (nSPS) is 9.95. The van der Waals surface area contributed by atoms with Crippen LogP contribution in [0.1, 0.15) is 12.5 Å². The number of nitrogens with zero attached hydrogens (tertiary/aromatic N) is 1. The molecule has 0 atom stereocenters. The number of pyridine rings is 1. The van der Waals surface area contributed by atoms with Crippen molar-refractivity contribution in [2.75, 3.05) is 0 Å². The fraction of sp³-hybridized carbons (Fsp3) is 0.125. The highest BCUT2D eigenvalue weighted by Gasteiger charge is 2.02. The molecule has 21 heavy (non-hydrogen) atoms. The molecule has 0 unspecified atom stereocenters. The second-order valence-electron chi connectivity index (χ2n) is 4.48. The third-order valence-corrected chi connectivity index (χ3v) is 2.66. The number of hydrogen-bond acceptors (Lipinski definition) is 4. The molecule has 0 saturated carbocycles. The Hall–Kier alpha value is -2.66. The van der Waals surface area contributed by atoms with E-state index in [9.17, 15) is 4.79 Å². The Morgan fingerprint density at radius 1 is 1.24 bits per heavy atom. The molecular weight excluding hydrogens is 266 g/mol. The van der Waals surface area contributed by atoms with Gasteiger partial charge in [-0.15, -0.1) is 0 Å². The molecule has 5 nitrogen and oxygen atoms in total. The lowest BCUT2D eigenvalue weighted by Crippen LogP contribution is -2.36. The second kappa shape index (κ2) is 7.21. The van der Waals surface area contributed by atoms with Crippen molar-refractivity contribution in [2.45, 2.75) is 13.5 Å². The van der Waals surface area contributed by atoms with Crippen molar-refractivity contribution in [3.63, 3.8) is 0 Å². The summed E-state index contributed by atoms with van der Waals surface area (Å²) in [5.41, 5.74) is 8.22. The van der Waals surface area contributed by atoms with Crippen LogP contribution in [-0.4, -0.2) is 11.1 Å². The molecule has 2 aromatic rings. The Morgan fingerprint density at radius 2 is 2.00 bits per heavy atom. The Balaban J connectivity index is 1.86. The monoisotopic (exact) mass is 283 g/mol. The highest BCUT2D eigenvalue weighted by Crippen LogP contribution is 2.16. The summed E-state index contributed by atoms with van der Waals surface area (Å²) in [6.07, 6.45) is 1.19. The zero-order valence-electron chi connectivity index (χ0n) is 11.8. The number of benzene rings is 1. The maximum absolute atomic E-state index is 11.2. The standard InChI is InChI=1S/C16H17N3O2/c1-12(2)21-16(20)19-18-11-13-6-8-14(9-7-13)15-5-3-4-10-17-15/h3-10,18H,1,11H2,2H3,(H,19,20). The van der Waals surface area contributed by atoms with E-state index in [4.69, 9.17) is 4.74 Å². The van der Waals surface area contributed by atoms with Crippen LogP contribution in [0.2, 0.25) is 0 Å². The second-order valence-corrected chi connectivity index (χ2v) is 4.48. The number of aromatic nitrogens is 1. The number of hydrogen-bond donors (Lipinski definition) is 2. The van der Waals surface area contributed by atoms with Crippen molar-refractivity contribution in [1.29, 1.82) is 0 Å². The van der Waals surface area contributed by atoms with Crippen LogP contribution in [0.4, 0.5) is 4.79 Å². The predicted molar refractivity (Wildman–Crippen MR) is 80.9 cm³/mol. The summed E-state index contributed by atoms with van der Waals surface area (Å²) >= 11 is 0. The third-order valence-electron chi connectivity index (χ3n) is 2.66. The molecule has 0 aliphatic carbocycles. The van der Waals surface area contributed by atoms with Crippen LogP contribution < -0.4 is 10.9 Å². The van der Waals surface area contributed by atoms with Crippen molar-refractivity contribution < 1.29 is 9.53 Å². The number of nitrogens with one attached hydrogen (secondary N) is 2. The Bertz CT molecular complexity index is 609. The van der Waals surface area contributed by atoms with Gasteiger partial charge in [-0.05, 0) is 24.6 Å². The van der Waals surface area contributed by atoms with E-state index in [1.54, 1.807) is 13.1 Å². The third kappa shape index (κ3) is 4.74. The van der Waals surface area contributed by atoms with E-state index < -0.39 is 6.09 Å². The lowest BCUT2D eigenvalue weighted by atomic mass is 10.1. The van der Waals surface area contributed by atoms with Gasteiger partial charge in [-0.25, -0.2) is 10.2 Å². The molecule has 2 N–H and O–H groups in total. The van der Waals surface area contributed by atoms with Crippen molar-refractivity contribution >= 4 is 6.09 Å². The number of carbonyl (C=O) groups is 1. The maximum atomic E-state index is 11.2. The topological polar surface area (TPSA) is 63.2 Å². The van der Waals surface area contributed by atoms with Crippen LogP contribution >= 0.6 is 0 Å². The molecule has 0 saturated heterocycles. The molecule has 2 rings (SSSR count). The fourth-order valence-electron chi connectivity index (χ4n) is 1.73.